The Morgan fingerprint density at radius 2 is 1.21 bits per heavy atom. The van der Waals surface area contributed by atoms with Crippen LogP contribution < -0.4 is 20.8 Å². The lowest BCUT2D eigenvalue weighted by Crippen LogP contribution is -2.60. The number of anilines is 1. The number of carbonyl (C=O) groups is 3. The van der Waals surface area contributed by atoms with Gasteiger partial charge in [-0.15, -0.1) is 0 Å². The zero-order valence-corrected chi connectivity index (χ0v) is 25.1. The summed E-state index contributed by atoms with van der Waals surface area (Å²) in [5, 5.41) is 2.06. The summed E-state index contributed by atoms with van der Waals surface area (Å²) in [4.78, 5) is 45.1. The molecule has 2 saturated heterocycles. The minimum absolute atomic E-state index is 0.380. The summed E-state index contributed by atoms with van der Waals surface area (Å²) < 4.78 is 22.3. The van der Waals surface area contributed by atoms with Gasteiger partial charge in [-0.2, -0.15) is 0 Å². The smallest absolute Gasteiger partial charge is 0.336 e. The van der Waals surface area contributed by atoms with Crippen LogP contribution in [0.15, 0.2) is 121 Å². The maximum Gasteiger partial charge on any atom is 0.336 e. The second-order valence-electron chi connectivity index (χ2n) is 11.9. The van der Waals surface area contributed by atoms with Crippen molar-refractivity contribution in [3.05, 3.63) is 127 Å². The molecular formula is C35H33N2O5P. The normalized spacial score (nSPS) is 23.7. The first-order valence-electron chi connectivity index (χ1n) is 14.3. The predicted molar refractivity (Wildman–Crippen MR) is 167 cm³/mol. The van der Waals surface area contributed by atoms with Crippen LogP contribution in [0, 0.1) is 11.8 Å². The van der Waals surface area contributed by atoms with E-state index in [1.165, 1.54) is 0 Å². The molecule has 0 bridgehead atoms. The molecule has 7 nitrogen and oxygen atoms in total. The van der Waals surface area contributed by atoms with Crippen LogP contribution in [0.3, 0.4) is 0 Å². The fraction of sp³-hybridized carbons (Fsp3) is 0.229. The van der Waals surface area contributed by atoms with Crippen molar-refractivity contribution in [2.24, 2.45) is 11.8 Å². The molecule has 4 aromatic rings. The summed E-state index contributed by atoms with van der Waals surface area (Å²) >= 11 is 0. The number of nitrogens with zero attached hydrogens (tertiary/aromatic N) is 1. The Morgan fingerprint density at radius 3 is 1.70 bits per heavy atom. The van der Waals surface area contributed by atoms with Gasteiger partial charge in [0.2, 0.25) is 11.8 Å². The van der Waals surface area contributed by atoms with E-state index in [4.69, 9.17) is 4.74 Å². The number of hydrogen-bond donors (Lipinski definition) is 1. The highest BCUT2D eigenvalue weighted by molar-refractivity contribution is 7.81. The van der Waals surface area contributed by atoms with Crippen molar-refractivity contribution in [3.8, 4) is 0 Å². The molecule has 0 spiro atoms. The average molecular weight is 593 g/mol. The van der Waals surface area contributed by atoms with Crippen molar-refractivity contribution in [2.45, 2.75) is 37.7 Å². The zero-order valence-electron chi connectivity index (χ0n) is 24.2. The molecule has 2 amide bonds. The molecule has 6 rings (SSSR count). The van der Waals surface area contributed by atoms with Gasteiger partial charge in [0.1, 0.15) is 5.60 Å². The highest BCUT2D eigenvalue weighted by Gasteiger charge is 2.76. The SMILES string of the molecule is CC(C)(C)OC(=O)[C@]1(P(=O)(c2ccccc2)c2ccccc2)N[C@H](c2ccccc2)[C@@H]2C(=O)N(c3ccccc3)C(=O)[C@@H]21. The number of esters is 1. The summed E-state index contributed by atoms with van der Waals surface area (Å²) in [6.45, 7) is 5.19. The number of imide groups is 1. The molecule has 0 aliphatic carbocycles. The Morgan fingerprint density at radius 1 is 0.744 bits per heavy atom. The van der Waals surface area contributed by atoms with Gasteiger partial charge in [0.25, 0.3) is 0 Å². The molecule has 8 heteroatoms. The summed E-state index contributed by atoms with van der Waals surface area (Å²) in [5.74, 6) is -4.24. The van der Waals surface area contributed by atoms with E-state index < -0.39 is 53.7 Å². The van der Waals surface area contributed by atoms with Crippen molar-refractivity contribution in [1.82, 2.24) is 5.32 Å². The van der Waals surface area contributed by atoms with Gasteiger partial charge in [-0.05, 0) is 38.5 Å². The van der Waals surface area contributed by atoms with Crippen LogP contribution in [0.2, 0.25) is 0 Å². The fourth-order valence-electron chi connectivity index (χ4n) is 6.46. The number of fused-ring (bicyclic) bond motifs is 1. The van der Waals surface area contributed by atoms with Crippen LogP contribution in [0.4, 0.5) is 5.69 Å². The lowest BCUT2D eigenvalue weighted by molar-refractivity contribution is -0.161. The molecule has 4 atom stereocenters. The van der Waals surface area contributed by atoms with Crippen LogP contribution in [0.1, 0.15) is 32.4 Å². The van der Waals surface area contributed by atoms with E-state index >= 15 is 4.57 Å². The molecule has 0 unspecified atom stereocenters. The maximum atomic E-state index is 16.2. The van der Waals surface area contributed by atoms with Crippen LogP contribution in [-0.4, -0.2) is 28.7 Å². The van der Waals surface area contributed by atoms with Crippen LogP contribution in [-0.2, 0) is 23.7 Å². The molecule has 2 fully saturated rings. The van der Waals surface area contributed by atoms with E-state index in [2.05, 4.69) is 5.32 Å². The topological polar surface area (TPSA) is 92.8 Å². The van der Waals surface area contributed by atoms with Crippen molar-refractivity contribution in [1.29, 1.82) is 0 Å². The quantitative estimate of drug-likeness (QED) is 0.188. The molecule has 43 heavy (non-hydrogen) atoms. The van der Waals surface area contributed by atoms with Crippen LogP contribution >= 0.6 is 7.14 Å². The Hall–Kier alpha value is -4.32. The first-order valence-corrected chi connectivity index (χ1v) is 16.0. The third kappa shape index (κ3) is 4.55. The van der Waals surface area contributed by atoms with Crippen LogP contribution in [0.5, 0.6) is 0 Å². The molecule has 0 aromatic heterocycles. The van der Waals surface area contributed by atoms with Crippen molar-refractivity contribution < 1.29 is 23.7 Å². The summed E-state index contributed by atoms with van der Waals surface area (Å²) in [6.07, 6.45) is 0. The van der Waals surface area contributed by atoms with Crippen LogP contribution in [0.25, 0.3) is 0 Å². The first kappa shape index (κ1) is 28.8. The molecular weight excluding hydrogens is 559 g/mol. The number of amides is 2. The number of ether oxygens (including phenoxy) is 1. The summed E-state index contributed by atoms with van der Waals surface area (Å²) in [6, 6.07) is 34.6. The third-order valence-corrected chi connectivity index (χ3v) is 11.8. The lowest BCUT2D eigenvalue weighted by Gasteiger charge is -2.41. The van der Waals surface area contributed by atoms with Gasteiger partial charge >= 0.3 is 5.97 Å². The molecule has 2 aliphatic rings. The van der Waals surface area contributed by atoms with Gasteiger partial charge in [-0.25, -0.2) is 9.69 Å². The monoisotopic (exact) mass is 592 g/mol. The number of carbonyl (C=O) groups excluding carboxylic acids is 3. The maximum absolute atomic E-state index is 16.2. The van der Waals surface area contributed by atoms with Gasteiger partial charge in [0, 0.05) is 16.7 Å². The Balaban J connectivity index is 1.69. The Bertz CT molecular complexity index is 1660. The van der Waals surface area contributed by atoms with Gasteiger partial charge in [-0.3, -0.25) is 14.9 Å². The van der Waals surface area contributed by atoms with E-state index in [-0.39, 0.29) is 0 Å². The number of para-hydroxylation sites is 1. The first-order chi connectivity index (χ1) is 20.6. The van der Waals surface area contributed by atoms with E-state index in [0.717, 1.165) is 4.90 Å². The number of nitrogens with one attached hydrogen (secondary N) is 1. The highest BCUT2D eigenvalue weighted by Crippen LogP contribution is 2.66. The highest BCUT2D eigenvalue weighted by atomic mass is 31.2. The molecule has 1 N–H and O–H groups in total. The summed E-state index contributed by atoms with van der Waals surface area (Å²) in [7, 11) is -4.14. The number of benzene rings is 4. The molecule has 0 radical (unpaired) electrons. The van der Waals surface area contributed by atoms with E-state index in [0.29, 0.717) is 21.9 Å². The summed E-state index contributed by atoms with van der Waals surface area (Å²) in [5.41, 5.74) is 0.118. The van der Waals surface area contributed by atoms with Gasteiger partial charge < -0.3 is 9.30 Å². The molecule has 2 aliphatic heterocycles. The number of hydrogen-bond acceptors (Lipinski definition) is 6. The predicted octanol–water partition coefficient (Wildman–Crippen LogP) is 5.19. The molecule has 218 valence electrons. The average Bonchev–Trinajstić information content (AvgIpc) is 3.52. The lowest BCUT2D eigenvalue weighted by atomic mass is 9.86. The van der Waals surface area contributed by atoms with Gasteiger partial charge in [0.15, 0.2) is 12.4 Å². The van der Waals surface area contributed by atoms with Crippen molar-refractivity contribution in [2.75, 3.05) is 4.90 Å². The zero-order chi connectivity index (χ0) is 30.4. The standard InChI is InChI=1S/C35H33N2O5P/c1-34(2,3)42-33(40)35(43(41,26-20-12-6-13-21-26)27-22-14-7-15-23-27)29-28(30(36-35)24-16-8-4-9-17-24)31(38)37(32(29)39)25-18-10-5-11-19-25/h4-23,28-30,36H,1-3H3/t28-,29-,30-,35+/m1/s1. The molecule has 0 saturated carbocycles. The largest absolute Gasteiger partial charge is 0.458 e. The Labute approximate surface area is 251 Å². The Kier molecular flexibility index (Phi) is 7.19. The van der Waals surface area contributed by atoms with E-state index in [9.17, 15) is 14.4 Å². The minimum atomic E-state index is -4.14. The third-order valence-electron chi connectivity index (χ3n) is 8.16. The fourth-order valence-corrected chi connectivity index (χ4v) is 10.0. The molecule has 2 heterocycles. The second kappa shape index (κ2) is 10.7. The number of rotatable bonds is 6. The molecule has 4 aromatic carbocycles. The van der Waals surface area contributed by atoms with E-state index in [1.54, 1.807) is 112 Å². The van der Waals surface area contributed by atoms with Crippen molar-refractivity contribution in [3.63, 3.8) is 0 Å². The minimum Gasteiger partial charge on any atom is -0.458 e. The second-order valence-corrected chi connectivity index (χ2v) is 14.9. The van der Waals surface area contributed by atoms with Gasteiger partial charge in [-0.1, -0.05) is 109 Å². The van der Waals surface area contributed by atoms with Gasteiger partial charge in [0.05, 0.1) is 17.5 Å². The van der Waals surface area contributed by atoms with E-state index in [1.807, 2.05) is 30.3 Å². The van der Waals surface area contributed by atoms with Crippen molar-refractivity contribution >= 4 is 41.2 Å².